The molecule has 1 aliphatic heterocycles. The van der Waals surface area contributed by atoms with Crippen molar-refractivity contribution in [1.29, 1.82) is 0 Å². The van der Waals surface area contributed by atoms with Crippen LogP contribution in [-0.4, -0.2) is 19.0 Å². The SMILES string of the molecule is CC(C(=O)NC(C)(C)c1cc(Br)cc(Br)c1)C1(c2ccc(F)cc2)CCNCC1. The van der Waals surface area contributed by atoms with Crippen molar-refractivity contribution in [3.8, 4) is 0 Å². The molecule has 0 spiro atoms. The summed E-state index contributed by atoms with van der Waals surface area (Å²) in [5.41, 5.74) is 1.21. The van der Waals surface area contributed by atoms with Crippen LogP contribution in [0.15, 0.2) is 51.4 Å². The van der Waals surface area contributed by atoms with E-state index in [9.17, 15) is 9.18 Å². The van der Waals surface area contributed by atoms with Gasteiger partial charge in [-0.1, -0.05) is 50.9 Å². The van der Waals surface area contributed by atoms with Crippen LogP contribution in [0.3, 0.4) is 0 Å². The molecule has 156 valence electrons. The van der Waals surface area contributed by atoms with Gasteiger partial charge < -0.3 is 10.6 Å². The standard InChI is InChI=1S/C23H27Br2FN2O/c1-15(21(29)28-22(2,3)17-12-18(24)14-19(25)13-17)23(8-10-27-11-9-23)16-4-6-20(26)7-5-16/h4-7,12-15,27H,8-11H2,1-3H3,(H,28,29). The second-order valence-corrected chi connectivity index (χ2v) is 10.2. The zero-order valence-electron chi connectivity index (χ0n) is 17.0. The molecule has 0 aromatic heterocycles. The van der Waals surface area contributed by atoms with E-state index in [-0.39, 0.29) is 23.1 Å². The highest BCUT2D eigenvalue weighted by atomic mass is 79.9. The number of amides is 1. The Balaban J connectivity index is 1.88. The molecular formula is C23H27Br2FN2O. The molecule has 3 rings (SSSR count). The van der Waals surface area contributed by atoms with Gasteiger partial charge >= 0.3 is 0 Å². The van der Waals surface area contributed by atoms with Gasteiger partial charge in [0, 0.05) is 20.3 Å². The first-order valence-electron chi connectivity index (χ1n) is 9.89. The molecule has 2 aromatic rings. The highest BCUT2D eigenvalue weighted by molar-refractivity contribution is 9.11. The van der Waals surface area contributed by atoms with Crippen LogP contribution < -0.4 is 10.6 Å². The maximum atomic E-state index is 13.5. The van der Waals surface area contributed by atoms with Crippen molar-refractivity contribution in [2.45, 2.75) is 44.6 Å². The zero-order chi connectivity index (χ0) is 21.2. The van der Waals surface area contributed by atoms with Gasteiger partial charge in [0.05, 0.1) is 5.54 Å². The minimum Gasteiger partial charge on any atom is -0.347 e. The van der Waals surface area contributed by atoms with Crippen molar-refractivity contribution in [3.05, 3.63) is 68.4 Å². The normalized spacial score (nSPS) is 17.6. The Kier molecular flexibility index (Phi) is 6.86. The third-order valence-electron chi connectivity index (χ3n) is 6.16. The Hall–Kier alpha value is -1.24. The summed E-state index contributed by atoms with van der Waals surface area (Å²) in [7, 11) is 0. The maximum Gasteiger partial charge on any atom is 0.224 e. The Morgan fingerprint density at radius 3 is 2.21 bits per heavy atom. The quantitative estimate of drug-likeness (QED) is 0.528. The zero-order valence-corrected chi connectivity index (χ0v) is 20.2. The molecule has 1 aliphatic rings. The van der Waals surface area contributed by atoms with Crippen molar-refractivity contribution in [1.82, 2.24) is 10.6 Å². The van der Waals surface area contributed by atoms with Gasteiger partial charge in [0.25, 0.3) is 0 Å². The largest absolute Gasteiger partial charge is 0.347 e. The molecule has 1 unspecified atom stereocenters. The molecule has 0 saturated carbocycles. The van der Waals surface area contributed by atoms with Crippen molar-refractivity contribution in [2.24, 2.45) is 5.92 Å². The molecule has 29 heavy (non-hydrogen) atoms. The van der Waals surface area contributed by atoms with Gasteiger partial charge in [-0.25, -0.2) is 4.39 Å². The van der Waals surface area contributed by atoms with E-state index in [0.29, 0.717) is 0 Å². The third-order valence-corrected chi connectivity index (χ3v) is 7.07. The van der Waals surface area contributed by atoms with Gasteiger partial charge in [-0.15, -0.1) is 0 Å². The minimum atomic E-state index is -0.533. The fourth-order valence-corrected chi connectivity index (χ4v) is 5.57. The highest BCUT2D eigenvalue weighted by Gasteiger charge is 2.43. The summed E-state index contributed by atoms with van der Waals surface area (Å²) in [5.74, 6) is -0.487. The molecule has 1 fully saturated rings. The molecule has 1 saturated heterocycles. The van der Waals surface area contributed by atoms with Gasteiger partial charge in [-0.2, -0.15) is 0 Å². The number of nitrogens with one attached hydrogen (secondary N) is 2. The molecule has 0 radical (unpaired) electrons. The molecule has 1 heterocycles. The molecule has 2 N–H and O–H groups in total. The number of carbonyl (C=O) groups is 1. The average molecular weight is 526 g/mol. The van der Waals surface area contributed by atoms with Gasteiger partial charge in [0.15, 0.2) is 0 Å². The topological polar surface area (TPSA) is 41.1 Å². The van der Waals surface area contributed by atoms with Crippen LogP contribution in [0.4, 0.5) is 4.39 Å². The number of hydrogen-bond acceptors (Lipinski definition) is 2. The number of halogens is 3. The van der Waals surface area contributed by atoms with E-state index < -0.39 is 5.54 Å². The average Bonchev–Trinajstić information content (AvgIpc) is 2.67. The lowest BCUT2D eigenvalue weighted by Gasteiger charge is -2.43. The first-order chi connectivity index (χ1) is 13.6. The second-order valence-electron chi connectivity index (χ2n) is 8.41. The van der Waals surface area contributed by atoms with Crippen molar-refractivity contribution >= 4 is 37.8 Å². The summed E-state index contributed by atoms with van der Waals surface area (Å²) < 4.78 is 15.4. The predicted molar refractivity (Wildman–Crippen MR) is 122 cm³/mol. The van der Waals surface area contributed by atoms with E-state index in [2.05, 4.69) is 42.5 Å². The number of benzene rings is 2. The van der Waals surface area contributed by atoms with E-state index in [1.807, 2.05) is 51.1 Å². The van der Waals surface area contributed by atoms with Crippen LogP contribution >= 0.6 is 31.9 Å². The summed E-state index contributed by atoms with van der Waals surface area (Å²) in [5, 5.41) is 6.64. The lowest BCUT2D eigenvalue weighted by atomic mass is 9.64. The molecule has 6 heteroatoms. The smallest absolute Gasteiger partial charge is 0.224 e. The van der Waals surface area contributed by atoms with E-state index >= 15 is 0 Å². The lowest BCUT2D eigenvalue weighted by molar-refractivity contribution is -0.129. The summed E-state index contributed by atoms with van der Waals surface area (Å²) in [6.45, 7) is 7.71. The lowest BCUT2D eigenvalue weighted by Crippen LogP contribution is -2.52. The van der Waals surface area contributed by atoms with Gasteiger partial charge in [-0.3, -0.25) is 4.79 Å². The summed E-state index contributed by atoms with van der Waals surface area (Å²) >= 11 is 7.06. The number of hydrogen-bond donors (Lipinski definition) is 2. The van der Waals surface area contributed by atoms with Gasteiger partial charge in [0.1, 0.15) is 5.82 Å². The van der Waals surface area contributed by atoms with E-state index in [1.54, 1.807) is 0 Å². The van der Waals surface area contributed by atoms with Crippen molar-refractivity contribution in [3.63, 3.8) is 0 Å². The Bertz CT molecular complexity index is 857. The molecule has 3 nitrogen and oxygen atoms in total. The van der Waals surface area contributed by atoms with Crippen molar-refractivity contribution in [2.75, 3.05) is 13.1 Å². The van der Waals surface area contributed by atoms with E-state index in [1.165, 1.54) is 12.1 Å². The summed E-state index contributed by atoms with van der Waals surface area (Å²) in [4.78, 5) is 13.4. The number of carbonyl (C=O) groups excluding carboxylic acids is 1. The Morgan fingerprint density at radius 1 is 1.10 bits per heavy atom. The predicted octanol–water partition coefficient (Wildman–Crippen LogP) is 5.66. The Morgan fingerprint density at radius 2 is 1.66 bits per heavy atom. The number of piperidine rings is 1. The van der Waals surface area contributed by atoms with Crippen molar-refractivity contribution < 1.29 is 9.18 Å². The van der Waals surface area contributed by atoms with E-state index in [4.69, 9.17) is 0 Å². The number of rotatable bonds is 5. The summed E-state index contributed by atoms with van der Waals surface area (Å²) in [6, 6.07) is 12.7. The van der Waals surface area contributed by atoms with Gasteiger partial charge in [0.2, 0.25) is 5.91 Å². The van der Waals surface area contributed by atoms with Crippen LogP contribution in [0.1, 0.15) is 44.7 Å². The molecule has 1 amide bonds. The molecule has 1 atom stereocenters. The second kappa shape index (κ2) is 8.86. The van der Waals surface area contributed by atoms with Crippen LogP contribution in [0.2, 0.25) is 0 Å². The fraction of sp³-hybridized carbons (Fsp3) is 0.435. The molecule has 0 bridgehead atoms. The highest BCUT2D eigenvalue weighted by Crippen LogP contribution is 2.41. The minimum absolute atomic E-state index is 0.0114. The molecule has 0 aliphatic carbocycles. The van der Waals surface area contributed by atoms with Crippen LogP contribution in [-0.2, 0) is 15.7 Å². The van der Waals surface area contributed by atoms with Crippen LogP contribution in [0.25, 0.3) is 0 Å². The first kappa shape index (κ1) is 22.4. The van der Waals surface area contributed by atoms with E-state index in [0.717, 1.165) is 46.0 Å². The third kappa shape index (κ3) is 4.92. The molecular weight excluding hydrogens is 499 g/mol. The van der Waals surface area contributed by atoms with Gasteiger partial charge in [-0.05, 0) is 81.2 Å². The van der Waals surface area contributed by atoms with Crippen LogP contribution in [0, 0.1) is 11.7 Å². The van der Waals surface area contributed by atoms with Crippen LogP contribution in [0.5, 0.6) is 0 Å². The first-order valence-corrected chi connectivity index (χ1v) is 11.5. The monoisotopic (exact) mass is 524 g/mol. The molecule has 2 aromatic carbocycles. The summed E-state index contributed by atoms with van der Waals surface area (Å²) in [6.07, 6.45) is 1.69. The maximum absolute atomic E-state index is 13.5. The fourth-order valence-electron chi connectivity index (χ4n) is 4.28. The Labute approximate surface area is 189 Å².